The van der Waals surface area contributed by atoms with Crippen molar-refractivity contribution < 1.29 is 9.90 Å². The molecule has 1 atom stereocenters. The average Bonchev–Trinajstić information content (AvgIpc) is 2.36. The number of aliphatic carboxylic acids is 1. The molecule has 4 nitrogen and oxygen atoms in total. The number of aromatic nitrogens is 1. The minimum Gasteiger partial charge on any atom is -0.480 e. The first-order valence-corrected chi connectivity index (χ1v) is 5.92. The Kier molecular flexibility index (Phi) is 4.63. The molecule has 0 saturated heterocycles. The molecule has 0 aromatic carbocycles. The molecule has 0 aliphatic rings. The maximum absolute atomic E-state index is 11.4. The summed E-state index contributed by atoms with van der Waals surface area (Å²) in [6.07, 6.45) is 4.04. The van der Waals surface area contributed by atoms with Crippen LogP contribution >= 0.6 is 0 Å². The van der Waals surface area contributed by atoms with E-state index < -0.39 is 11.5 Å². The van der Waals surface area contributed by atoms with Gasteiger partial charge >= 0.3 is 5.97 Å². The molecule has 94 valence electrons. The van der Waals surface area contributed by atoms with Gasteiger partial charge in [-0.1, -0.05) is 13.8 Å². The Morgan fingerprint density at radius 2 is 2.00 bits per heavy atom. The van der Waals surface area contributed by atoms with Gasteiger partial charge in [0.2, 0.25) is 0 Å². The zero-order valence-corrected chi connectivity index (χ0v) is 10.7. The molecule has 4 heteroatoms. The fraction of sp³-hybridized carbons (Fsp3) is 0.538. The smallest absolute Gasteiger partial charge is 0.323 e. The summed E-state index contributed by atoms with van der Waals surface area (Å²) in [5.41, 5.74) is 0.278. The summed E-state index contributed by atoms with van der Waals surface area (Å²) in [6, 6.07) is 3.83. The zero-order chi connectivity index (χ0) is 12.9. The van der Waals surface area contributed by atoms with Crippen LogP contribution in [0.25, 0.3) is 0 Å². The number of likely N-dealkylation sites (N-methyl/N-ethyl adjacent to an activating group) is 1. The minimum atomic E-state index is -0.808. The third-order valence-corrected chi connectivity index (χ3v) is 3.35. The van der Waals surface area contributed by atoms with Crippen molar-refractivity contribution in [2.75, 3.05) is 6.54 Å². The van der Waals surface area contributed by atoms with Gasteiger partial charge in [0.1, 0.15) is 5.54 Å². The summed E-state index contributed by atoms with van der Waals surface area (Å²) in [6.45, 7) is 7.01. The highest BCUT2D eigenvalue weighted by molar-refractivity contribution is 5.78. The lowest BCUT2D eigenvalue weighted by Crippen LogP contribution is -2.51. The van der Waals surface area contributed by atoms with Gasteiger partial charge in [0, 0.05) is 18.9 Å². The molecule has 1 aromatic rings. The van der Waals surface area contributed by atoms with Gasteiger partial charge in [0.25, 0.3) is 0 Å². The van der Waals surface area contributed by atoms with Crippen molar-refractivity contribution in [1.29, 1.82) is 0 Å². The van der Waals surface area contributed by atoms with Crippen molar-refractivity contribution in [3.63, 3.8) is 0 Å². The van der Waals surface area contributed by atoms with Crippen LogP contribution in [0.1, 0.15) is 32.8 Å². The topological polar surface area (TPSA) is 53.4 Å². The average molecular weight is 236 g/mol. The standard InChI is InChI=1S/C13H20N2O2/c1-4-13(3,12(16)17)15(5-2)10-11-6-8-14-9-7-11/h6-9H,4-5,10H2,1-3H3,(H,16,17). The van der Waals surface area contributed by atoms with Crippen LogP contribution in [0.3, 0.4) is 0 Å². The van der Waals surface area contributed by atoms with Crippen LogP contribution in [0.15, 0.2) is 24.5 Å². The Labute approximate surface area is 102 Å². The van der Waals surface area contributed by atoms with Crippen molar-refractivity contribution in [2.45, 2.75) is 39.3 Å². The van der Waals surface area contributed by atoms with Crippen LogP contribution in [0.2, 0.25) is 0 Å². The third-order valence-electron chi connectivity index (χ3n) is 3.35. The van der Waals surface area contributed by atoms with Crippen LogP contribution < -0.4 is 0 Å². The van der Waals surface area contributed by atoms with Gasteiger partial charge in [-0.2, -0.15) is 0 Å². The molecule has 1 rings (SSSR count). The van der Waals surface area contributed by atoms with Crippen molar-refractivity contribution in [1.82, 2.24) is 9.88 Å². The van der Waals surface area contributed by atoms with E-state index in [2.05, 4.69) is 4.98 Å². The quantitative estimate of drug-likeness (QED) is 0.822. The van der Waals surface area contributed by atoms with Gasteiger partial charge in [0.05, 0.1) is 0 Å². The molecule has 0 fully saturated rings. The first kappa shape index (κ1) is 13.6. The van der Waals surface area contributed by atoms with E-state index in [0.717, 1.165) is 5.56 Å². The number of hydrogen-bond donors (Lipinski definition) is 1. The van der Waals surface area contributed by atoms with Gasteiger partial charge in [-0.3, -0.25) is 14.7 Å². The second-order valence-electron chi connectivity index (χ2n) is 4.30. The number of pyridine rings is 1. The van der Waals surface area contributed by atoms with Crippen LogP contribution in [-0.2, 0) is 11.3 Å². The second kappa shape index (κ2) is 5.77. The Morgan fingerprint density at radius 1 is 1.41 bits per heavy atom. The molecule has 0 bridgehead atoms. The minimum absolute atomic E-state index is 0.585. The normalized spacial score (nSPS) is 14.6. The summed E-state index contributed by atoms with van der Waals surface area (Å²) in [5.74, 6) is -0.768. The van der Waals surface area contributed by atoms with Crippen LogP contribution in [0.4, 0.5) is 0 Å². The van der Waals surface area contributed by atoms with E-state index in [1.807, 2.05) is 30.9 Å². The number of carboxylic acids is 1. The van der Waals surface area contributed by atoms with Crippen LogP contribution in [0, 0.1) is 0 Å². The molecule has 0 aliphatic heterocycles. The summed E-state index contributed by atoms with van der Waals surface area (Å²) in [7, 11) is 0. The predicted molar refractivity (Wildman–Crippen MR) is 66.7 cm³/mol. The van der Waals surface area contributed by atoms with Crippen LogP contribution in [-0.4, -0.2) is 33.0 Å². The molecule has 1 unspecified atom stereocenters. The maximum Gasteiger partial charge on any atom is 0.323 e. The number of rotatable bonds is 6. The van der Waals surface area contributed by atoms with Crippen molar-refractivity contribution in [3.8, 4) is 0 Å². The van der Waals surface area contributed by atoms with Gasteiger partial charge < -0.3 is 5.11 Å². The van der Waals surface area contributed by atoms with Gasteiger partial charge in [-0.15, -0.1) is 0 Å². The van der Waals surface area contributed by atoms with E-state index in [4.69, 9.17) is 0 Å². The molecule has 1 aromatic heterocycles. The maximum atomic E-state index is 11.4. The second-order valence-corrected chi connectivity index (χ2v) is 4.30. The summed E-state index contributed by atoms with van der Waals surface area (Å²) < 4.78 is 0. The van der Waals surface area contributed by atoms with E-state index in [9.17, 15) is 9.90 Å². The van der Waals surface area contributed by atoms with Crippen molar-refractivity contribution >= 4 is 5.97 Å². The molecule has 0 amide bonds. The Morgan fingerprint density at radius 3 is 2.41 bits per heavy atom. The molecule has 0 saturated carbocycles. The summed E-state index contributed by atoms with van der Waals surface area (Å²) in [4.78, 5) is 17.3. The first-order chi connectivity index (χ1) is 8.04. The number of carbonyl (C=O) groups is 1. The van der Waals surface area contributed by atoms with Crippen LogP contribution in [0.5, 0.6) is 0 Å². The first-order valence-electron chi connectivity index (χ1n) is 5.92. The molecule has 1 N–H and O–H groups in total. The zero-order valence-electron chi connectivity index (χ0n) is 10.7. The highest BCUT2D eigenvalue weighted by atomic mass is 16.4. The van der Waals surface area contributed by atoms with E-state index >= 15 is 0 Å². The van der Waals surface area contributed by atoms with Gasteiger partial charge in [-0.05, 0) is 37.6 Å². The Bertz CT molecular complexity index is 367. The van der Waals surface area contributed by atoms with Gasteiger partial charge in [0.15, 0.2) is 0 Å². The summed E-state index contributed by atoms with van der Waals surface area (Å²) >= 11 is 0. The Hall–Kier alpha value is -1.42. The molecular formula is C13H20N2O2. The number of carboxylic acid groups (broad SMARTS) is 1. The Balaban J connectivity index is 2.88. The largest absolute Gasteiger partial charge is 0.480 e. The molecule has 0 spiro atoms. The number of hydrogen-bond acceptors (Lipinski definition) is 3. The monoisotopic (exact) mass is 236 g/mol. The van der Waals surface area contributed by atoms with E-state index in [-0.39, 0.29) is 0 Å². The highest BCUT2D eigenvalue weighted by Crippen LogP contribution is 2.22. The van der Waals surface area contributed by atoms with Gasteiger partial charge in [-0.25, -0.2) is 0 Å². The molecule has 0 aliphatic carbocycles. The molecule has 0 radical (unpaired) electrons. The fourth-order valence-electron chi connectivity index (χ4n) is 1.85. The van der Waals surface area contributed by atoms with E-state index in [1.165, 1.54) is 0 Å². The summed E-state index contributed by atoms with van der Waals surface area (Å²) in [5, 5.41) is 9.36. The predicted octanol–water partition coefficient (Wildman–Crippen LogP) is 2.16. The lowest BCUT2D eigenvalue weighted by atomic mass is 9.96. The fourth-order valence-corrected chi connectivity index (χ4v) is 1.85. The van der Waals surface area contributed by atoms with E-state index in [1.54, 1.807) is 19.3 Å². The van der Waals surface area contributed by atoms with Crippen molar-refractivity contribution in [2.24, 2.45) is 0 Å². The molecule has 1 heterocycles. The third kappa shape index (κ3) is 3.03. The lowest BCUT2D eigenvalue weighted by molar-refractivity contribution is -0.151. The highest BCUT2D eigenvalue weighted by Gasteiger charge is 2.36. The van der Waals surface area contributed by atoms with Crippen molar-refractivity contribution in [3.05, 3.63) is 30.1 Å². The molecule has 17 heavy (non-hydrogen) atoms. The lowest BCUT2D eigenvalue weighted by Gasteiger charge is -2.36. The molecular weight excluding hydrogens is 216 g/mol. The van der Waals surface area contributed by atoms with E-state index in [0.29, 0.717) is 19.5 Å². The SMILES string of the molecule is CCN(Cc1ccncc1)C(C)(CC)C(=O)O. The number of nitrogens with zero attached hydrogens (tertiary/aromatic N) is 2.